The first-order chi connectivity index (χ1) is 5.35. The molecule has 0 aromatic heterocycles. The van der Waals surface area contributed by atoms with Crippen molar-refractivity contribution in [3.63, 3.8) is 0 Å². The minimum atomic E-state index is -0.483. The highest BCUT2D eigenvalue weighted by atomic mass is 16.7. The van der Waals surface area contributed by atoms with Crippen molar-refractivity contribution in [1.29, 1.82) is 0 Å². The predicted molar refractivity (Wildman–Crippen MR) is 47.7 cm³/mol. The maximum atomic E-state index is 5.65. The molecule has 0 atom stereocenters. The molecule has 0 spiro atoms. The normalized spacial score (nSPS) is 38.2. The molecule has 72 valence electrons. The molecule has 3 heteroatoms. The topological polar surface area (TPSA) is 44.5 Å². The molecule has 0 saturated carbocycles. The Morgan fingerprint density at radius 3 is 2.00 bits per heavy atom. The lowest BCUT2D eigenvalue weighted by Gasteiger charge is -2.45. The molecule has 0 aromatic carbocycles. The number of hydrogen-bond acceptors (Lipinski definition) is 3. The first-order valence-electron chi connectivity index (χ1n) is 4.39. The Morgan fingerprint density at radius 2 is 1.67 bits per heavy atom. The van der Waals surface area contributed by atoms with E-state index in [4.69, 9.17) is 15.2 Å². The third-order valence-corrected chi connectivity index (χ3v) is 2.51. The number of hydrogen-bond donors (Lipinski definition) is 1. The lowest BCUT2D eigenvalue weighted by atomic mass is 9.86. The van der Waals surface area contributed by atoms with E-state index in [9.17, 15) is 0 Å². The van der Waals surface area contributed by atoms with Gasteiger partial charge in [-0.25, -0.2) is 0 Å². The number of rotatable bonds is 0. The van der Waals surface area contributed by atoms with Gasteiger partial charge < -0.3 is 15.2 Å². The summed E-state index contributed by atoms with van der Waals surface area (Å²) in [5, 5.41) is 0. The summed E-state index contributed by atoms with van der Waals surface area (Å²) in [4.78, 5) is 0. The number of nitrogens with two attached hydrogens (primary N) is 1. The maximum Gasteiger partial charge on any atom is 0.170 e. The summed E-state index contributed by atoms with van der Waals surface area (Å²) >= 11 is 0. The van der Waals surface area contributed by atoms with E-state index in [1.807, 2.05) is 6.92 Å². The van der Waals surface area contributed by atoms with Gasteiger partial charge in [0.2, 0.25) is 0 Å². The Bertz CT molecular complexity index is 154. The van der Waals surface area contributed by atoms with Crippen LogP contribution in [-0.2, 0) is 9.47 Å². The van der Waals surface area contributed by atoms with Crippen molar-refractivity contribution in [2.45, 2.75) is 39.5 Å². The molecular weight excluding hydrogens is 154 g/mol. The average Bonchev–Trinajstić information content (AvgIpc) is 1.93. The Hall–Kier alpha value is -0.120. The quantitative estimate of drug-likeness (QED) is 0.597. The molecule has 3 nitrogen and oxygen atoms in total. The summed E-state index contributed by atoms with van der Waals surface area (Å²) in [6, 6.07) is 0.0282. The largest absolute Gasteiger partial charge is 0.348 e. The zero-order valence-corrected chi connectivity index (χ0v) is 8.39. The van der Waals surface area contributed by atoms with E-state index in [-0.39, 0.29) is 11.5 Å². The van der Waals surface area contributed by atoms with Crippen LogP contribution in [0.2, 0.25) is 0 Å². The summed E-state index contributed by atoms with van der Waals surface area (Å²) in [6.45, 7) is 9.46. The van der Waals surface area contributed by atoms with Crippen molar-refractivity contribution >= 4 is 0 Å². The Morgan fingerprint density at radius 1 is 1.25 bits per heavy atom. The van der Waals surface area contributed by atoms with E-state index in [2.05, 4.69) is 20.8 Å². The van der Waals surface area contributed by atoms with Crippen LogP contribution in [0.15, 0.2) is 0 Å². The van der Waals surface area contributed by atoms with Crippen LogP contribution in [0.25, 0.3) is 0 Å². The fourth-order valence-corrected chi connectivity index (χ4v) is 1.05. The monoisotopic (exact) mass is 173 g/mol. The summed E-state index contributed by atoms with van der Waals surface area (Å²) in [7, 11) is 0. The molecule has 0 aromatic rings. The smallest absolute Gasteiger partial charge is 0.170 e. The van der Waals surface area contributed by atoms with Gasteiger partial charge in [-0.3, -0.25) is 0 Å². The van der Waals surface area contributed by atoms with Gasteiger partial charge in [-0.05, 0) is 6.92 Å². The van der Waals surface area contributed by atoms with Gasteiger partial charge in [0.15, 0.2) is 5.79 Å². The molecule has 0 radical (unpaired) electrons. The summed E-state index contributed by atoms with van der Waals surface area (Å²) in [6.07, 6.45) is 0. The zero-order chi connectivity index (χ0) is 9.41. The highest BCUT2D eigenvalue weighted by molar-refractivity contribution is 4.83. The van der Waals surface area contributed by atoms with Crippen molar-refractivity contribution in [3.05, 3.63) is 0 Å². The SMILES string of the molecule is CC(C)(C)C1(C)OCC(N)CO1. The summed E-state index contributed by atoms with van der Waals surface area (Å²) < 4.78 is 11.2. The van der Waals surface area contributed by atoms with Crippen molar-refractivity contribution in [1.82, 2.24) is 0 Å². The summed E-state index contributed by atoms with van der Waals surface area (Å²) in [5.41, 5.74) is 5.64. The highest BCUT2D eigenvalue weighted by Gasteiger charge is 2.42. The zero-order valence-electron chi connectivity index (χ0n) is 8.39. The lowest BCUT2D eigenvalue weighted by molar-refractivity contribution is -0.306. The molecule has 1 fully saturated rings. The predicted octanol–water partition coefficient (Wildman–Crippen LogP) is 1.12. The van der Waals surface area contributed by atoms with E-state index < -0.39 is 5.79 Å². The Labute approximate surface area is 74.2 Å². The minimum Gasteiger partial charge on any atom is -0.348 e. The second-order valence-electron chi connectivity index (χ2n) is 4.58. The molecule has 1 aliphatic rings. The van der Waals surface area contributed by atoms with Crippen molar-refractivity contribution in [3.8, 4) is 0 Å². The van der Waals surface area contributed by atoms with Crippen molar-refractivity contribution < 1.29 is 9.47 Å². The fraction of sp³-hybridized carbons (Fsp3) is 1.00. The third kappa shape index (κ3) is 1.79. The van der Waals surface area contributed by atoms with Gasteiger partial charge in [-0.2, -0.15) is 0 Å². The van der Waals surface area contributed by atoms with E-state index in [0.29, 0.717) is 13.2 Å². The van der Waals surface area contributed by atoms with Crippen LogP contribution >= 0.6 is 0 Å². The fourth-order valence-electron chi connectivity index (χ4n) is 1.05. The van der Waals surface area contributed by atoms with Crippen molar-refractivity contribution in [2.75, 3.05) is 13.2 Å². The average molecular weight is 173 g/mol. The lowest BCUT2D eigenvalue weighted by Crippen LogP contribution is -2.54. The molecule has 0 aliphatic carbocycles. The minimum absolute atomic E-state index is 0.00681. The van der Waals surface area contributed by atoms with E-state index in [1.54, 1.807) is 0 Å². The molecule has 12 heavy (non-hydrogen) atoms. The van der Waals surface area contributed by atoms with Crippen LogP contribution in [0.1, 0.15) is 27.7 Å². The van der Waals surface area contributed by atoms with Crippen molar-refractivity contribution in [2.24, 2.45) is 11.1 Å². The number of ether oxygens (including phenoxy) is 2. The van der Waals surface area contributed by atoms with Gasteiger partial charge >= 0.3 is 0 Å². The van der Waals surface area contributed by atoms with E-state index in [1.165, 1.54) is 0 Å². The van der Waals surface area contributed by atoms with Crippen LogP contribution in [0, 0.1) is 5.41 Å². The second-order valence-corrected chi connectivity index (χ2v) is 4.58. The van der Waals surface area contributed by atoms with Crippen LogP contribution in [0.5, 0.6) is 0 Å². The highest BCUT2D eigenvalue weighted by Crippen LogP contribution is 2.36. The summed E-state index contributed by atoms with van der Waals surface area (Å²) in [5.74, 6) is -0.483. The van der Waals surface area contributed by atoms with Crippen LogP contribution < -0.4 is 5.73 Å². The van der Waals surface area contributed by atoms with Gasteiger partial charge in [0.25, 0.3) is 0 Å². The Kier molecular flexibility index (Phi) is 2.47. The maximum absolute atomic E-state index is 5.65. The molecule has 1 aliphatic heterocycles. The molecular formula is C9H19NO2. The first kappa shape index (κ1) is 9.96. The standard InChI is InChI=1S/C9H19NO2/c1-8(2,3)9(4)11-5-7(10)6-12-9/h7H,5-6,10H2,1-4H3. The second kappa shape index (κ2) is 2.98. The molecule has 1 rings (SSSR count). The van der Waals surface area contributed by atoms with Crippen LogP contribution in [0.4, 0.5) is 0 Å². The molecule has 2 N–H and O–H groups in total. The van der Waals surface area contributed by atoms with E-state index >= 15 is 0 Å². The van der Waals surface area contributed by atoms with Gasteiger partial charge in [0.05, 0.1) is 19.3 Å². The van der Waals surface area contributed by atoms with Gasteiger partial charge in [0, 0.05) is 5.41 Å². The van der Waals surface area contributed by atoms with Crippen LogP contribution in [-0.4, -0.2) is 25.0 Å². The molecule has 0 amide bonds. The van der Waals surface area contributed by atoms with Gasteiger partial charge in [-0.1, -0.05) is 20.8 Å². The molecule has 0 unspecified atom stereocenters. The molecule has 0 bridgehead atoms. The third-order valence-electron chi connectivity index (χ3n) is 2.51. The van der Waals surface area contributed by atoms with Gasteiger partial charge in [-0.15, -0.1) is 0 Å². The molecule has 1 heterocycles. The Balaban J connectivity index is 2.62. The van der Waals surface area contributed by atoms with Crippen LogP contribution in [0.3, 0.4) is 0 Å². The molecule has 1 saturated heterocycles. The van der Waals surface area contributed by atoms with Gasteiger partial charge in [0.1, 0.15) is 0 Å². The first-order valence-corrected chi connectivity index (χ1v) is 4.39. The van der Waals surface area contributed by atoms with E-state index in [0.717, 1.165) is 0 Å².